The monoisotopic (exact) mass is 249 g/mol. The molecule has 0 radical (unpaired) electrons. The number of likely N-dealkylation sites (tertiary alicyclic amines) is 1. The van der Waals surface area contributed by atoms with Crippen molar-refractivity contribution in [2.75, 3.05) is 6.54 Å². The second kappa shape index (κ2) is 5.73. The number of hydrogen-bond acceptors (Lipinski definition) is 2. The van der Waals surface area contributed by atoms with Gasteiger partial charge in [-0.3, -0.25) is 9.69 Å². The Kier molecular flexibility index (Phi) is 4.03. The first kappa shape index (κ1) is 12.7. The van der Waals surface area contributed by atoms with Gasteiger partial charge in [0.15, 0.2) is 0 Å². The topological polar surface area (TPSA) is 20.3 Å². The van der Waals surface area contributed by atoms with Gasteiger partial charge in [-0.05, 0) is 45.1 Å². The molecule has 0 aromatic rings. The summed E-state index contributed by atoms with van der Waals surface area (Å²) in [5.41, 5.74) is 0. The van der Waals surface area contributed by atoms with E-state index in [9.17, 15) is 4.79 Å². The fourth-order valence-electron chi connectivity index (χ4n) is 4.53. The highest BCUT2D eigenvalue weighted by Gasteiger charge is 2.39. The Morgan fingerprint density at radius 2 is 1.61 bits per heavy atom. The van der Waals surface area contributed by atoms with E-state index in [-0.39, 0.29) is 0 Å². The van der Waals surface area contributed by atoms with Gasteiger partial charge in [0.25, 0.3) is 0 Å². The minimum atomic E-state index is 0.396. The Morgan fingerprint density at radius 3 is 2.33 bits per heavy atom. The number of piperidine rings is 1. The second-order valence-corrected chi connectivity index (χ2v) is 6.56. The molecule has 3 fully saturated rings. The molecule has 0 aromatic carbocycles. The molecule has 0 bridgehead atoms. The molecule has 2 atom stereocenters. The van der Waals surface area contributed by atoms with E-state index in [0.29, 0.717) is 17.7 Å². The first-order chi connectivity index (χ1) is 8.86. The zero-order valence-corrected chi connectivity index (χ0v) is 11.6. The molecule has 1 saturated heterocycles. The second-order valence-electron chi connectivity index (χ2n) is 6.56. The number of hydrogen-bond donors (Lipinski definition) is 0. The lowest BCUT2D eigenvalue weighted by molar-refractivity contribution is -0.123. The van der Waals surface area contributed by atoms with Gasteiger partial charge in [-0.1, -0.05) is 25.7 Å². The SMILES string of the molecule is O=C1CCCC1C1CCCCN1C1CCCCC1. The number of nitrogens with zero attached hydrogens (tertiary/aromatic N) is 1. The Balaban J connectivity index is 1.70. The molecule has 2 saturated carbocycles. The fraction of sp³-hybridized carbons (Fsp3) is 0.938. The van der Waals surface area contributed by atoms with E-state index in [0.717, 1.165) is 18.9 Å². The van der Waals surface area contributed by atoms with Crippen LogP contribution in [0.2, 0.25) is 0 Å². The fourth-order valence-corrected chi connectivity index (χ4v) is 4.53. The molecular formula is C16H27NO. The summed E-state index contributed by atoms with van der Waals surface area (Å²) in [6.45, 7) is 1.26. The number of ketones is 1. The first-order valence-corrected chi connectivity index (χ1v) is 8.15. The van der Waals surface area contributed by atoms with E-state index in [1.807, 2.05) is 0 Å². The summed E-state index contributed by atoms with van der Waals surface area (Å²) >= 11 is 0. The Bertz CT molecular complexity index is 295. The number of rotatable bonds is 2. The highest BCUT2D eigenvalue weighted by molar-refractivity contribution is 5.83. The van der Waals surface area contributed by atoms with Crippen LogP contribution in [0.4, 0.5) is 0 Å². The average molecular weight is 249 g/mol. The molecule has 0 aromatic heterocycles. The van der Waals surface area contributed by atoms with Crippen LogP contribution in [0.5, 0.6) is 0 Å². The molecule has 3 rings (SSSR count). The number of carbonyl (C=O) groups is 1. The summed E-state index contributed by atoms with van der Waals surface area (Å²) in [7, 11) is 0. The molecule has 2 heteroatoms. The maximum atomic E-state index is 12.1. The highest BCUT2D eigenvalue weighted by atomic mass is 16.1. The molecule has 0 spiro atoms. The highest BCUT2D eigenvalue weighted by Crippen LogP contribution is 2.36. The number of carbonyl (C=O) groups excluding carboxylic acids is 1. The van der Waals surface area contributed by atoms with Crippen molar-refractivity contribution in [2.24, 2.45) is 5.92 Å². The quantitative estimate of drug-likeness (QED) is 0.746. The number of Topliss-reactive ketones (excluding diaryl/α,β-unsaturated/α-hetero) is 1. The third-order valence-electron chi connectivity index (χ3n) is 5.45. The average Bonchev–Trinajstić information content (AvgIpc) is 2.86. The smallest absolute Gasteiger partial charge is 0.137 e. The predicted octanol–water partition coefficient (Wildman–Crippen LogP) is 3.54. The van der Waals surface area contributed by atoms with Gasteiger partial charge in [-0.15, -0.1) is 0 Å². The maximum absolute atomic E-state index is 12.1. The summed E-state index contributed by atoms with van der Waals surface area (Å²) in [5, 5.41) is 0. The molecule has 0 amide bonds. The van der Waals surface area contributed by atoms with Gasteiger partial charge in [0.2, 0.25) is 0 Å². The van der Waals surface area contributed by atoms with E-state index < -0.39 is 0 Å². The van der Waals surface area contributed by atoms with Gasteiger partial charge < -0.3 is 0 Å². The first-order valence-electron chi connectivity index (χ1n) is 8.15. The molecule has 1 heterocycles. The van der Waals surface area contributed by atoms with Crippen LogP contribution in [0.3, 0.4) is 0 Å². The van der Waals surface area contributed by atoms with Gasteiger partial charge in [0, 0.05) is 24.4 Å². The molecule has 18 heavy (non-hydrogen) atoms. The van der Waals surface area contributed by atoms with Crippen molar-refractivity contribution in [1.29, 1.82) is 0 Å². The Labute approximate surface area is 111 Å². The lowest BCUT2D eigenvalue weighted by Gasteiger charge is -2.45. The van der Waals surface area contributed by atoms with Crippen LogP contribution in [-0.4, -0.2) is 29.3 Å². The minimum Gasteiger partial charge on any atom is -0.299 e. The summed E-state index contributed by atoms with van der Waals surface area (Å²) in [4.78, 5) is 14.8. The van der Waals surface area contributed by atoms with E-state index in [1.54, 1.807) is 0 Å². The lowest BCUT2D eigenvalue weighted by Crippen LogP contribution is -2.51. The molecule has 1 aliphatic heterocycles. The van der Waals surface area contributed by atoms with Crippen molar-refractivity contribution in [3.63, 3.8) is 0 Å². The minimum absolute atomic E-state index is 0.396. The summed E-state index contributed by atoms with van der Waals surface area (Å²) in [5.74, 6) is 0.968. The standard InChI is InChI=1S/C16H27NO/c18-16-11-6-9-14(16)15-10-4-5-12-17(15)13-7-2-1-3-8-13/h13-15H,1-12H2. The van der Waals surface area contributed by atoms with Crippen LogP contribution < -0.4 is 0 Å². The Morgan fingerprint density at radius 1 is 0.833 bits per heavy atom. The normalized spacial score (nSPS) is 36.1. The van der Waals surface area contributed by atoms with Crippen molar-refractivity contribution in [3.05, 3.63) is 0 Å². The van der Waals surface area contributed by atoms with Crippen LogP contribution in [0.1, 0.15) is 70.6 Å². The summed E-state index contributed by atoms with van der Waals surface area (Å²) in [6.07, 6.45) is 14.2. The van der Waals surface area contributed by atoms with Crippen molar-refractivity contribution >= 4 is 5.78 Å². The largest absolute Gasteiger partial charge is 0.299 e. The van der Waals surface area contributed by atoms with E-state index in [1.165, 1.54) is 64.3 Å². The molecule has 2 aliphatic carbocycles. The van der Waals surface area contributed by atoms with Crippen LogP contribution in [0.25, 0.3) is 0 Å². The van der Waals surface area contributed by atoms with E-state index in [4.69, 9.17) is 0 Å². The maximum Gasteiger partial charge on any atom is 0.137 e. The van der Waals surface area contributed by atoms with Gasteiger partial charge >= 0.3 is 0 Å². The lowest BCUT2D eigenvalue weighted by atomic mass is 9.84. The predicted molar refractivity (Wildman–Crippen MR) is 73.6 cm³/mol. The van der Waals surface area contributed by atoms with Gasteiger partial charge in [0.1, 0.15) is 5.78 Å². The summed E-state index contributed by atoms with van der Waals surface area (Å²) < 4.78 is 0. The molecule has 0 N–H and O–H groups in total. The van der Waals surface area contributed by atoms with Crippen LogP contribution in [0, 0.1) is 5.92 Å². The van der Waals surface area contributed by atoms with Crippen LogP contribution >= 0.6 is 0 Å². The zero-order valence-electron chi connectivity index (χ0n) is 11.6. The van der Waals surface area contributed by atoms with E-state index in [2.05, 4.69) is 4.90 Å². The molecule has 102 valence electrons. The van der Waals surface area contributed by atoms with Crippen molar-refractivity contribution < 1.29 is 4.79 Å². The van der Waals surface area contributed by atoms with E-state index >= 15 is 0 Å². The molecule has 2 unspecified atom stereocenters. The third-order valence-corrected chi connectivity index (χ3v) is 5.45. The molecular weight excluding hydrogens is 222 g/mol. The van der Waals surface area contributed by atoms with Crippen LogP contribution in [0.15, 0.2) is 0 Å². The van der Waals surface area contributed by atoms with Crippen molar-refractivity contribution in [2.45, 2.75) is 82.7 Å². The molecule has 2 nitrogen and oxygen atoms in total. The Hall–Kier alpha value is -0.370. The van der Waals surface area contributed by atoms with Crippen molar-refractivity contribution in [3.8, 4) is 0 Å². The van der Waals surface area contributed by atoms with Crippen LogP contribution in [-0.2, 0) is 4.79 Å². The van der Waals surface area contributed by atoms with Gasteiger partial charge in [-0.2, -0.15) is 0 Å². The zero-order chi connectivity index (χ0) is 12.4. The van der Waals surface area contributed by atoms with Gasteiger partial charge in [-0.25, -0.2) is 0 Å². The summed E-state index contributed by atoms with van der Waals surface area (Å²) in [6, 6.07) is 1.41. The molecule has 3 aliphatic rings. The van der Waals surface area contributed by atoms with Gasteiger partial charge in [0.05, 0.1) is 0 Å². The van der Waals surface area contributed by atoms with Crippen molar-refractivity contribution in [1.82, 2.24) is 4.90 Å². The third kappa shape index (κ3) is 2.49.